The van der Waals surface area contributed by atoms with E-state index in [1.165, 1.54) is 12.4 Å². The largest absolute Gasteiger partial charge is 0.469 e. The van der Waals surface area contributed by atoms with Crippen LogP contribution in [0.25, 0.3) is 11.4 Å². The molecule has 3 aromatic rings. The van der Waals surface area contributed by atoms with E-state index in [2.05, 4.69) is 35.7 Å². The SMILES string of the molecule is Cn1ccc(-c2cnc(OC(=O)N[C@H]3CC[C@H](Nc4ncc(C(F)(F)F)c(OC5COC5)n4)CC3)cn2)n1. The Morgan fingerprint density at radius 1 is 1.05 bits per heavy atom. The number of aryl methyl sites for hydroxylation is 1. The lowest BCUT2D eigenvalue weighted by Crippen LogP contribution is -2.41. The molecular weight excluding hydrogens is 509 g/mol. The standard InChI is InChI=1S/C23H25F3N8O4/c1-34-7-6-17(33-34)18-9-28-19(10-27-18)38-22(35)31-14-4-2-13(3-5-14)30-21-29-8-16(23(24,25)26)20(32-21)37-15-11-36-12-15/h6-10,13-15H,2-5,11-12H2,1H3,(H,31,35)(H,29,30,32)/t13-,14-. The number of nitrogens with zero attached hydrogens (tertiary/aromatic N) is 6. The van der Waals surface area contributed by atoms with Crippen molar-refractivity contribution in [2.24, 2.45) is 7.05 Å². The highest BCUT2D eigenvalue weighted by Crippen LogP contribution is 2.36. The fraction of sp³-hybridized carbons (Fsp3) is 0.478. The van der Waals surface area contributed by atoms with Crippen molar-refractivity contribution in [1.29, 1.82) is 0 Å². The fourth-order valence-electron chi connectivity index (χ4n) is 4.07. The van der Waals surface area contributed by atoms with Crippen LogP contribution in [0.2, 0.25) is 0 Å². The topological polar surface area (TPSA) is 138 Å². The number of alkyl halides is 3. The Morgan fingerprint density at radius 2 is 1.82 bits per heavy atom. The summed E-state index contributed by atoms with van der Waals surface area (Å²) in [5.74, 6) is -0.405. The van der Waals surface area contributed by atoms with E-state index in [-0.39, 0.29) is 37.1 Å². The molecule has 2 aliphatic rings. The predicted octanol–water partition coefficient (Wildman–Crippen LogP) is 2.98. The van der Waals surface area contributed by atoms with Crippen molar-refractivity contribution < 1.29 is 32.2 Å². The van der Waals surface area contributed by atoms with Gasteiger partial charge in [0.15, 0.2) is 0 Å². The maximum absolute atomic E-state index is 13.3. The monoisotopic (exact) mass is 534 g/mol. The van der Waals surface area contributed by atoms with E-state index in [0.29, 0.717) is 37.1 Å². The van der Waals surface area contributed by atoms with Crippen LogP contribution in [0.3, 0.4) is 0 Å². The van der Waals surface area contributed by atoms with Crippen molar-refractivity contribution in [3.63, 3.8) is 0 Å². The van der Waals surface area contributed by atoms with Crippen molar-refractivity contribution in [2.75, 3.05) is 18.5 Å². The first-order chi connectivity index (χ1) is 18.2. The van der Waals surface area contributed by atoms with Crippen LogP contribution in [-0.4, -0.2) is 67.2 Å². The number of hydrogen-bond donors (Lipinski definition) is 2. The van der Waals surface area contributed by atoms with E-state index in [0.717, 1.165) is 6.20 Å². The number of nitrogens with one attached hydrogen (secondary N) is 2. The molecule has 0 bridgehead atoms. The van der Waals surface area contributed by atoms with Gasteiger partial charge in [-0.1, -0.05) is 0 Å². The van der Waals surface area contributed by atoms with Crippen LogP contribution in [0.1, 0.15) is 31.2 Å². The summed E-state index contributed by atoms with van der Waals surface area (Å²) >= 11 is 0. The molecule has 2 N–H and O–H groups in total. The summed E-state index contributed by atoms with van der Waals surface area (Å²) < 4.78 is 57.2. The van der Waals surface area contributed by atoms with Crippen LogP contribution in [0.4, 0.5) is 23.9 Å². The van der Waals surface area contributed by atoms with Gasteiger partial charge in [0.25, 0.3) is 0 Å². The third-order valence-electron chi connectivity index (χ3n) is 6.13. The molecule has 1 aliphatic carbocycles. The third kappa shape index (κ3) is 6.27. The number of aromatic nitrogens is 6. The first-order valence-corrected chi connectivity index (χ1v) is 12.0. The Labute approximate surface area is 214 Å². The van der Waals surface area contributed by atoms with Gasteiger partial charge in [0.2, 0.25) is 17.7 Å². The van der Waals surface area contributed by atoms with E-state index in [1.54, 1.807) is 24.0 Å². The summed E-state index contributed by atoms with van der Waals surface area (Å²) in [6, 6.07) is 1.59. The van der Waals surface area contributed by atoms with E-state index in [9.17, 15) is 18.0 Å². The molecule has 1 saturated carbocycles. The van der Waals surface area contributed by atoms with E-state index in [4.69, 9.17) is 14.2 Å². The highest BCUT2D eigenvalue weighted by Gasteiger charge is 2.38. The van der Waals surface area contributed by atoms with Gasteiger partial charge >= 0.3 is 12.3 Å². The molecule has 2 fully saturated rings. The molecule has 3 aromatic heterocycles. The Bertz CT molecular complexity index is 1260. The number of carbonyl (C=O) groups is 1. The molecule has 0 radical (unpaired) electrons. The Morgan fingerprint density at radius 3 is 2.42 bits per heavy atom. The number of anilines is 1. The molecule has 4 heterocycles. The highest BCUT2D eigenvalue weighted by atomic mass is 19.4. The van der Waals surface area contributed by atoms with Crippen molar-refractivity contribution >= 4 is 12.0 Å². The zero-order valence-electron chi connectivity index (χ0n) is 20.3. The summed E-state index contributed by atoms with van der Waals surface area (Å²) in [5, 5.41) is 10.1. The number of rotatable bonds is 7. The molecule has 1 saturated heterocycles. The number of hydrogen-bond acceptors (Lipinski definition) is 10. The summed E-state index contributed by atoms with van der Waals surface area (Å²) in [4.78, 5) is 28.4. The Hall–Kier alpha value is -4.01. The minimum absolute atomic E-state index is 0.0526. The van der Waals surface area contributed by atoms with Gasteiger partial charge in [0, 0.05) is 31.5 Å². The lowest BCUT2D eigenvalue weighted by Gasteiger charge is -2.30. The van der Waals surface area contributed by atoms with Gasteiger partial charge in [-0.05, 0) is 31.7 Å². The number of amides is 1. The minimum Gasteiger partial charge on any atom is -0.469 e. The minimum atomic E-state index is -4.64. The first-order valence-electron chi connectivity index (χ1n) is 12.0. The van der Waals surface area contributed by atoms with Gasteiger partial charge in [-0.2, -0.15) is 23.3 Å². The summed E-state index contributed by atoms with van der Waals surface area (Å²) in [6.45, 7) is 0.430. The Balaban J connectivity index is 1.10. The maximum Gasteiger partial charge on any atom is 0.423 e. The molecule has 0 unspecified atom stereocenters. The molecule has 0 aromatic carbocycles. The normalized spacial score (nSPS) is 19.9. The van der Waals surface area contributed by atoms with Crippen molar-refractivity contribution in [3.05, 3.63) is 36.4 Å². The second-order valence-electron chi connectivity index (χ2n) is 9.03. The lowest BCUT2D eigenvalue weighted by molar-refractivity contribution is -0.142. The van der Waals surface area contributed by atoms with E-state index < -0.39 is 29.8 Å². The molecule has 0 atom stereocenters. The van der Waals surface area contributed by atoms with E-state index in [1.807, 2.05) is 0 Å². The van der Waals surface area contributed by atoms with Gasteiger partial charge in [-0.3, -0.25) is 4.68 Å². The molecule has 1 aliphatic heterocycles. The van der Waals surface area contributed by atoms with Crippen LogP contribution in [0, 0.1) is 0 Å². The molecule has 15 heteroatoms. The second-order valence-corrected chi connectivity index (χ2v) is 9.03. The zero-order valence-corrected chi connectivity index (χ0v) is 20.3. The quantitative estimate of drug-likeness (QED) is 0.465. The lowest BCUT2D eigenvalue weighted by atomic mass is 9.91. The molecule has 5 rings (SSSR count). The van der Waals surface area contributed by atoms with Crippen molar-refractivity contribution in [2.45, 2.75) is 50.0 Å². The molecule has 202 valence electrons. The zero-order chi connectivity index (χ0) is 26.7. The van der Waals surface area contributed by atoms with Crippen LogP contribution in [-0.2, 0) is 18.0 Å². The number of ether oxygens (including phenoxy) is 3. The molecule has 12 nitrogen and oxygen atoms in total. The van der Waals surface area contributed by atoms with Crippen LogP contribution >= 0.6 is 0 Å². The molecule has 38 heavy (non-hydrogen) atoms. The van der Waals surface area contributed by atoms with Crippen molar-refractivity contribution in [1.82, 2.24) is 35.0 Å². The number of carbonyl (C=O) groups excluding carboxylic acids is 1. The Kier molecular flexibility index (Phi) is 7.26. The van der Waals surface area contributed by atoms with E-state index >= 15 is 0 Å². The third-order valence-corrected chi connectivity index (χ3v) is 6.13. The summed E-state index contributed by atoms with van der Waals surface area (Å²) in [5.41, 5.74) is 0.175. The van der Waals surface area contributed by atoms with Gasteiger partial charge in [-0.15, -0.1) is 0 Å². The van der Waals surface area contributed by atoms with Crippen LogP contribution in [0.5, 0.6) is 11.8 Å². The van der Waals surface area contributed by atoms with Crippen LogP contribution in [0.15, 0.2) is 30.9 Å². The van der Waals surface area contributed by atoms with Gasteiger partial charge < -0.3 is 24.8 Å². The predicted molar refractivity (Wildman–Crippen MR) is 125 cm³/mol. The fourth-order valence-corrected chi connectivity index (χ4v) is 4.07. The van der Waals surface area contributed by atoms with Crippen molar-refractivity contribution in [3.8, 4) is 23.1 Å². The van der Waals surface area contributed by atoms with Gasteiger partial charge in [-0.25, -0.2) is 19.7 Å². The second kappa shape index (κ2) is 10.8. The smallest absolute Gasteiger partial charge is 0.423 e. The molecular formula is C23H25F3N8O4. The summed E-state index contributed by atoms with van der Waals surface area (Å²) in [7, 11) is 1.79. The van der Waals surface area contributed by atoms with Crippen LogP contribution < -0.4 is 20.1 Å². The summed E-state index contributed by atoms with van der Waals surface area (Å²) in [6.07, 6.45) is 2.11. The molecule has 0 spiro atoms. The van der Waals surface area contributed by atoms with Gasteiger partial charge in [0.1, 0.15) is 23.1 Å². The first kappa shape index (κ1) is 25.6. The highest BCUT2D eigenvalue weighted by molar-refractivity contribution is 5.70. The maximum atomic E-state index is 13.3. The average molecular weight is 534 g/mol. The number of halogens is 3. The molecule has 1 amide bonds. The average Bonchev–Trinajstić information content (AvgIpc) is 3.29. The van der Waals surface area contributed by atoms with Gasteiger partial charge in [0.05, 0.1) is 25.6 Å².